The number of carbonyl (C=O) groups is 1. The molecule has 0 radical (unpaired) electrons. The lowest BCUT2D eigenvalue weighted by Gasteiger charge is -2.35. The van der Waals surface area contributed by atoms with Crippen LogP contribution in [0.3, 0.4) is 0 Å². The molecule has 1 amide bonds. The lowest BCUT2D eigenvalue weighted by atomic mass is 9.87. The van der Waals surface area contributed by atoms with Gasteiger partial charge in [-0.3, -0.25) is 4.90 Å². The van der Waals surface area contributed by atoms with Crippen molar-refractivity contribution < 1.29 is 9.53 Å². The Balaban J connectivity index is 2.19. The van der Waals surface area contributed by atoms with Gasteiger partial charge in [-0.25, -0.2) is 4.79 Å². The third kappa shape index (κ3) is 7.45. The zero-order valence-electron chi connectivity index (χ0n) is 15.2. The number of hydrogen-bond acceptors (Lipinski definition) is 4. The number of rotatable bonds is 6. The minimum absolute atomic E-state index is 0.183. The highest BCUT2D eigenvalue weighted by Gasteiger charge is 2.25. The van der Waals surface area contributed by atoms with Crippen LogP contribution in [-0.4, -0.2) is 60.8 Å². The Morgan fingerprint density at radius 3 is 2.14 bits per heavy atom. The molecule has 5 heteroatoms. The highest BCUT2D eigenvalue weighted by molar-refractivity contribution is 5.68. The molecule has 5 nitrogen and oxygen atoms in total. The zero-order valence-corrected chi connectivity index (χ0v) is 15.2. The number of nitrogens with two attached hydrogens (primary N) is 1. The first-order chi connectivity index (χ1) is 10.1. The smallest absolute Gasteiger partial charge is 0.410 e. The van der Waals surface area contributed by atoms with Crippen LogP contribution in [0.15, 0.2) is 0 Å². The lowest BCUT2D eigenvalue weighted by Crippen LogP contribution is -2.50. The van der Waals surface area contributed by atoms with E-state index < -0.39 is 5.60 Å². The summed E-state index contributed by atoms with van der Waals surface area (Å²) >= 11 is 0. The minimum atomic E-state index is -0.413. The lowest BCUT2D eigenvalue weighted by molar-refractivity contribution is 0.0143. The van der Waals surface area contributed by atoms with Crippen molar-refractivity contribution in [1.29, 1.82) is 0 Å². The van der Waals surface area contributed by atoms with Crippen molar-refractivity contribution in [1.82, 2.24) is 9.80 Å². The second kappa shape index (κ2) is 8.16. The fourth-order valence-electron chi connectivity index (χ4n) is 2.52. The molecule has 1 rings (SSSR count). The van der Waals surface area contributed by atoms with E-state index in [1.54, 1.807) is 0 Å². The van der Waals surface area contributed by atoms with Gasteiger partial charge in [-0.2, -0.15) is 0 Å². The molecule has 130 valence electrons. The third-order valence-electron chi connectivity index (χ3n) is 4.15. The molecule has 1 fully saturated rings. The largest absolute Gasteiger partial charge is 0.444 e. The van der Waals surface area contributed by atoms with Gasteiger partial charge in [0.15, 0.2) is 0 Å². The SMILES string of the molecule is CC(C)(CN)CCCCN1CCN(C(=O)OC(C)(C)C)CC1. The Hall–Kier alpha value is -0.810. The molecule has 0 bridgehead atoms. The first-order valence-corrected chi connectivity index (χ1v) is 8.53. The van der Waals surface area contributed by atoms with Crippen LogP contribution in [0.25, 0.3) is 0 Å². The van der Waals surface area contributed by atoms with Crippen LogP contribution in [0.1, 0.15) is 53.9 Å². The first-order valence-electron chi connectivity index (χ1n) is 8.53. The van der Waals surface area contributed by atoms with Gasteiger partial charge in [-0.1, -0.05) is 20.3 Å². The predicted octanol–water partition coefficient (Wildman–Crippen LogP) is 2.69. The highest BCUT2D eigenvalue weighted by atomic mass is 16.6. The van der Waals surface area contributed by atoms with E-state index in [1.165, 1.54) is 19.3 Å². The number of nitrogens with zero attached hydrogens (tertiary/aromatic N) is 2. The number of amides is 1. The van der Waals surface area contributed by atoms with E-state index in [4.69, 9.17) is 10.5 Å². The van der Waals surface area contributed by atoms with Crippen LogP contribution in [0.4, 0.5) is 4.79 Å². The van der Waals surface area contributed by atoms with Crippen LogP contribution < -0.4 is 5.73 Å². The molecule has 0 unspecified atom stereocenters. The van der Waals surface area contributed by atoms with Gasteiger partial charge in [0.25, 0.3) is 0 Å². The average Bonchev–Trinajstić information content (AvgIpc) is 2.42. The highest BCUT2D eigenvalue weighted by Crippen LogP contribution is 2.21. The number of carbonyl (C=O) groups excluding carboxylic acids is 1. The van der Waals surface area contributed by atoms with Crippen LogP contribution >= 0.6 is 0 Å². The fraction of sp³-hybridized carbons (Fsp3) is 0.941. The number of unbranched alkanes of at least 4 members (excludes halogenated alkanes) is 1. The van der Waals surface area contributed by atoms with Crippen LogP contribution in [0, 0.1) is 5.41 Å². The summed E-state index contributed by atoms with van der Waals surface area (Å²) in [6, 6.07) is 0. The van der Waals surface area contributed by atoms with Gasteiger partial charge in [-0.15, -0.1) is 0 Å². The van der Waals surface area contributed by atoms with E-state index in [0.29, 0.717) is 0 Å². The summed E-state index contributed by atoms with van der Waals surface area (Å²) in [6.45, 7) is 15.5. The van der Waals surface area contributed by atoms with Gasteiger partial charge in [0.2, 0.25) is 0 Å². The molecule has 22 heavy (non-hydrogen) atoms. The van der Waals surface area contributed by atoms with Crippen LogP contribution in [0.2, 0.25) is 0 Å². The summed E-state index contributed by atoms with van der Waals surface area (Å²) in [7, 11) is 0. The molecule has 1 aliphatic heterocycles. The Labute approximate surface area is 136 Å². The van der Waals surface area contributed by atoms with E-state index in [9.17, 15) is 4.79 Å². The Morgan fingerprint density at radius 1 is 1.05 bits per heavy atom. The molecule has 1 heterocycles. The standard InChI is InChI=1S/C17H35N3O2/c1-16(2,3)22-15(21)20-12-10-19(11-13-20)9-7-6-8-17(4,5)14-18/h6-14,18H2,1-5H3. The normalized spacial score (nSPS) is 17.6. The monoisotopic (exact) mass is 313 g/mol. The molecular weight excluding hydrogens is 278 g/mol. The van der Waals surface area contributed by atoms with Crippen LogP contribution in [-0.2, 0) is 4.74 Å². The summed E-state index contributed by atoms with van der Waals surface area (Å²) in [5, 5.41) is 0. The molecular formula is C17H35N3O2. The quantitative estimate of drug-likeness (QED) is 0.766. The molecule has 1 aliphatic rings. The summed E-state index contributed by atoms with van der Waals surface area (Å²) in [4.78, 5) is 16.3. The van der Waals surface area contributed by atoms with Gasteiger partial charge in [0.1, 0.15) is 5.60 Å². The van der Waals surface area contributed by atoms with Gasteiger partial charge in [0, 0.05) is 26.2 Å². The second-order valence-corrected chi connectivity index (χ2v) is 8.13. The van der Waals surface area contributed by atoms with Crippen molar-refractivity contribution in [3.63, 3.8) is 0 Å². The summed E-state index contributed by atoms with van der Waals surface area (Å²) in [5.74, 6) is 0. The maximum absolute atomic E-state index is 12.0. The van der Waals surface area contributed by atoms with Gasteiger partial charge in [-0.05, 0) is 52.1 Å². The average molecular weight is 313 g/mol. The van der Waals surface area contributed by atoms with Crippen molar-refractivity contribution in [3.05, 3.63) is 0 Å². The molecule has 2 N–H and O–H groups in total. The number of piperazine rings is 1. The van der Waals surface area contributed by atoms with Crippen molar-refractivity contribution in [2.45, 2.75) is 59.5 Å². The number of hydrogen-bond donors (Lipinski definition) is 1. The van der Waals surface area contributed by atoms with E-state index in [1.807, 2.05) is 25.7 Å². The first kappa shape index (κ1) is 19.2. The Kier molecular flexibility index (Phi) is 7.13. The van der Waals surface area contributed by atoms with Crippen LogP contribution in [0.5, 0.6) is 0 Å². The maximum atomic E-state index is 12.0. The molecule has 0 aromatic rings. The van der Waals surface area contributed by atoms with Crippen molar-refractivity contribution in [3.8, 4) is 0 Å². The predicted molar refractivity (Wildman–Crippen MR) is 90.9 cm³/mol. The minimum Gasteiger partial charge on any atom is -0.444 e. The third-order valence-corrected chi connectivity index (χ3v) is 4.15. The number of ether oxygens (including phenoxy) is 1. The summed E-state index contributed by atoms with van der Waals surface area (Å²) in [5.41, 5.74) is 5.61. The van der Waals surface area contributed by atoms with E-state index >= 15 is 0 Å². The van der Waals surface area contributed by atoms with Crippen molar-refractivity contribution in [2.75, 3.05) is 39.3 Å². The van der Waals surface area contributed by atoms with Gasteiger partial charge in [0.05, 0.1) is 0 Å². The molecule has 0 atom stereocenters. The molecule has 0 aromatic heterocycles. The molecule has 0 saturated carbocycles. The van der Waals surface area contributed by atoms with E-state index in [2.05, 4.69) is 18.7 Å². The summed E-state index contributed by atoms with van der Waals surface area (Å²) in [6.07, 6.45) is 3.42. The molecule has 0 aliphatic carbocycles. The topological polar surface area (TPSA) is 58.8 Å². The molecule has 0 spiro atoms. The van der Waals surface area contributed by atoms with Gasteiger partial charge >= 0.3 is 6.09 Å². The van der Waals surface area contributed by atoms with Crippen molar-refractivity contribution in [2.24, 2.45) is 11.1 Å². The maximum Gasteiger partial charge on any atom is 0.410 e. The van der Waals surface area contributed by atoms with Gasteiger partial charge < -0.3 is 15.4 Å². The summed E-state index contributed by atoms with van der Waals surface area (Å²) < 4.78 is 5.42. The molecule has 1 saturated heterocycles. The zero-order chi connectivity index (χ0) is 16.8. The fourth-order valence-corrected chi connectivity index (χ4v) is 2.52. The van der Waals surface area contributed by atoms with Crippen molar-refractivity contribution >= 4 is 6.09 Å². The Bertz CT molecular complexity index is 342. The van der Waals surface area contributed by atoms with E-state index in [0.717, 1.165) is 39.3 Å². The molecule has 0 aromatic carbocycles. The van der Waals surface area contributed by atoms with E-state index in [-0.39, 0.29) is 11.5 Å². The second-order valence-electron chi connectivity index (χ2n) is 8.13. The Morgan fingerprint density at radius 2 is 1.64 bits per heavy atom.